The van der Waals surface area contributed by atoms with Crippen molar-refractivity contribution in [2.45, 2.75) is 17.2 Å². The van der Waals surface area contributed by atoms with Gasteiger partial charge in [0.05, 0.1) is 16.0 Å². The molecule has 0 spiro atoms. The van der Waals surface area contributed by atoms with Crippen LogP contribution in [0.4, 0.5) is 5.69 Å². The van der Waals surface area contributed by atoms with Crippen molar-refractivity contribution in [3.8, 4) is 10.4 Å². The van der Waals surface area contributed by atoms with E-state index in [0.29, 0.717) is 15.7 Å². The van der Waals surface area contributed by atoms with Gasteiger partial charge in [-0.3, -0.25) is 4.79 Å². The molecule has 2 heterocycles. The fourth-order valence-corrected chi connectivity index (χ4v) is 5.02. The monoisotopic (exact) mass is 459 g/mol. The first-order valence-electron chi connectivity index (χ1n) is 8.74. The van der Waals surface area contributed by atoms with Gasteiger partial charge in [0.2, 0.25) is 5.91 Å². The summed E-state index contributed by atoms with van der Waals surface area (Å²) < 4.78 is 0. The molecule has 1 N–H and O–H groups in total. The number of amides is 1. The number of thiophene rings is 1. The Morgan fingerprint density at radius 1 is 1.10 bits per heavy atom. The largest absolute Gasteiger partial charge is 0.324 e. The molecule has 8 heteroatoms. The maximum atomic E-state index is 12.7. The molecule has 0 bridgehead atoms. The molecule has 0 saturated heterocycles. The number of aromatic nitrogens is 2. The van der Waals surface area contributed by atoms with E-state index >= 15 is 0 Å². The number of carbonyl (C=O) groups excluding carboxylic acids is 1. The van der Waals surface area contributed by atoms with Crippen LogP contribution in [-0.2, 0) is 4.79 Å². The predicted octanol–water partition coefficient (Wildman–Crippen LogP) is 6.78. The number of fused-ring (bicyclic) bond motifs is 1. The minimum absolute atomic E-state index is 0.176. The lowest BCUT2D eigenvalue weighted by molar-refractivity contribution is -0.115. The minimum atomic E-state index is -0.386. The Hall–Kier alpha value is -2.12. The highest BCUT2D eigenvalue weighted by Crippen LogP contribution is 2.37. The molecule has 0 saturated carbocycles. The first-order chi connectivity index (χ1) is 14.0. The lowest BCUT2D eigenvalue weighted by Crippen LogP contribution is -2.22. The average Bonchev–Trinajstić information content (AvgIpc) is 3.17. The van der Waals surface area contributed by atoms with Crippen LogP contribution in [0.3, 0.4) is 0 Å². The molecule has 0 aliphatic heterocycles. The molecular formula is C21H15Cl2N3OS2. The van der Waals surface area contributed by atoms with Crippen molar-refractivity contribution >= 4 is 68.1 Å². The van der Waals surface area contributed by atoms with Crippen molar-refractivity contribution < 1.29 is 4.79 Å². The zero-order chi connectivity index (χ0) is 20.4. The molecule has 4 nitrogen and oxygen atoms in total. The second kappa shape index (κ2) is 8.71. The van der Waals surface area contributed by atoms with Gasteiger partial charge in [0, 0.05) is 15.3 Å². The summed E-state index contributed by atoms with van der Waals surface area (Å²) in [7, 11) is 0. The Bertz CT molecular complexity index is 1180. The number of carbonyl (C=O) groups is 1. The van der Waals surface area contributed by atoms with Crippen LogP contribution in [0.5, 0.6) is 0 Å². The van der Waals surface area contributed by atoms with Crippen LogP contribution in [0, 0.1) is 0 Å². The maximum Gasteiger partial charge on any atom is 0.237 e. The van der Waals surface area contributed by atoms with Gasteiger partial charge in [-0.2, -0.15) is 0 Å². The second-order valence-corrected chi connectivity index (χ2v) is 9.45. The summed E-state index contributed by atoms with van der Waals surface area (Å²) in [4.78, 5) is 23.5. The molecule has 1 unspecified atom stereocenters. The highest BCUT2D eigenvalue weighted by Gasteiger charge is 2.19. The SMILES string of the molecule is CC(Sc1ncnc2sc(-c3ccccc3)cc12)C(=O)Nc1cc(Cl)ccc1Cl. The zero-order valence-corrected chi connectivity index (χ0v) is 18.4. The van der Waals surface area contributed by atoms with E-state index in [1.807, 2.05) is 25.1 Å². The van der Waals surface area contributed by atoms with Crippen LogP contribution in [0.1, 0.15) is 6.92 Å². The fraction of sp³-hybridized carbons (Fsp3) is 0.0952. The summed E-state index contributed by atoms with van der Waals surface area (Å²) in [5.74, 6) is -0.176. The molecule has 0 fully saturated rings. The lowest BCUT2D eigenvalue weighted by atomic mass is 10.2. The number of anilines is 1. The van der Waals surface area contributed by atoms with E-state index < -0.39 is 0 Å². The van der Waals surface area contributed by atoms with E-state index in [0.717, 1.165) is 25.7 Å². The third-order valence-electron chi connectivity index (χ3n) is 4.20. The molecule has 2 aromatic carbocycles. The van der Waals surface area contributed by atoms with E-state index in [1.165, 1.54) is 18.1 Å². The quantitative estimate of drug-likeness (QED) is 0.263. The maximum absolute atomic E-state index is 12.7. The van der Waals surface area contributed by atoms with Gasteiger partial charge in [0.15, 0.2) is 0 Å². The molecule has 146 valence electrons. The van der Waals surface area contributed by atoms with Crippen LogP contribution in [-0.4, -0.2) is 21.1 Å². The topological polar surface area (TPSA) is 54.9 Å². The van der Waals surface area contributed by atoms with Gasteiger partial charge >= 0.3 is 0 Å². The van der Waals surface area contributed by atoms with Gasteiger partial charge in [-0.05, 0) is 36.8 Å². The van der Waals surface area contributed by atoms with Gasteiger partial charge in [-0.1, -0.05) is 65.3 Å². The third-order valence-corrected chi connectivity index (χ3v) is 6.97. The van der Waals surface area contributed by atoms with Crippen molar-refractivity contribution in [1.82, 2.24) is 9.97 Å². The number of halogens is 2. The normalized spacial score (nSPS) is 12.1. The van der Waals surface area contributed by atoms with E-state index in [2.05, 4.69) is 33.5 Å². The Kier molecular flexibility index (Phi) is 6.06. The molecular weight excluding hydrogens is 445 g/mol. The Morgan fingerprint density at radius 2 is 1.90 bits per heavy atom. The van der Waals surface area contributed by atoms with Crippen molar-refractivity contribution in [1.29, 1.82) is 0 Å². The number of nitrogens with zero attached hydrogens (tertiary/aromatic N) is 2. The molecule has 2 aromatic heterocycles. The van der Waals surface area contributed by atoms with Gasteiger partial charge in [0.25, 0.3) is 0 Å². The van der Waals surface area contributed by atoms with Crippen molar-refractivity contribution in [2.24, 2.45) is 0 Å². The first-order valence-corrected chi connectivity index (χ1v) is 11.2. The fourth-order valence-electron chi connectivity index (χ4n) is 2.72. The molecule has 4 rings (SSSR count). The van der Waals surface area contributed by atoms with Crippen LogP contribution in [0.15, 0.2) is 66.0 Å². The molecule has 0 aliphatic rings. The summed E-state index contributed by atoms with van der Waals surface area (Å²) in [6.07, 6.45) is 1.54. The predicted molar refractivity (Wildman–Crippen MR) is 123 cm³/mol. The van der Waals surface area contributed by atoms with Crippen molar-refractivity contribution in [3.63, 3.8) is 0 Å². The summed E-state index contributed by atoms with van der Waals surface area (Å²) in [5.41, 5.74) is 1.62. The summed E-state index contributed by atoms with van der Waals surface area (Å²) >= 11 is 15.1. The van der Waals surface area contributed by atoms with E-state index in [-0.39, 0.29) is 11.2 Å². The lowest BCUT2D eigenvalue weighted by Gasteiger charge is -2.13. The van der Waals surface area contributed by atoms with Crippen LogP contribution in [0.25, 0.3) is 20.7 Å². The van der Waals surface area contributed by atoms with E-state index in [1.54, 1.807) is 29.5 Å². The Morgan fingerprint density at radius 3 is 2.69 bits per heavy atom. The Balaban J connectivity index is 1.56. The zero-order valence-electron chi connectivity index (χ0n) is 15.2. The molecule has 29 heavy (non-hydrogen) atoms. The average molecular weight is 460 g/mol. The molecule has 1 atom stereocenters. The highest BCUT2D eigenvalue weighted by atomic mass is 35.5. The highest BCUT2D eigenvalue weighted by molar-refractivity contribution is 8.00. The molecule has 1 amide bonds. The number of hydrogen-bond acceptors (Lipinski definition) is 5. The summed E-state index contributed by atoms with van der Waals surface area (Å²) in [6, 6.07) is 17.2. The minimum Gasteiger partial charge on any atom is -0.324 e. The molecule has 0 aliphatic carbocycles. The number of nitrogens with one attached hydrogen (secondary N) is 1. The third kappa shape index (κ3) is 4.56. The summed E-state index contributed by atoms with van der Waals surface area (Å²) in [5, 5.41) is 5.11. The van der Waals surface area contributed by atoms with Crippen LogP contribution in [0.2, 0.25) is 10.0 Å². The van der Waals surface area contributed by atoms with Crippen LogP contribution < -0.4 is 5.32 Å². The van der Waals surface area contributed by atoms with Crippen molar-refractivity contribution in [3.05, 3.63) is 71.0 Å². The molecule has 4 aromatic rings. The summed E-state index contributed by atoms with van der Waals surface area (Å²) in [6.45, 7) is 1.83. The number of rotatable bonds is 5. The number of thioether (sulfide) groups is 1. The first kappa shape index (κ1) is 20.2. The Labute approximate surface area is 186 Å². The van der Waals surface area contributed by atoms with Gasteiger partial charge in [-0.15, -0.1) is 11.3 Å². The number of benzene rings is 2. The van der Waals surface area contributed by atoms with Gasteiger partial charge in [-0.25, -0.2) is 9.97 Å². The number of hydrogen-bond donors (Lipinski definition) is 1. The molecule has 0 radical (unpaired) electrons. The second-order valence-electron chi connectivity index (χ2n) is 6.25. The standard InChI is InChI=1S/C21H15Cl2N3OS2/c1-12(19(27)26-17-9-14(22)7-8-16(17)23)28-20-15-10-18(13-5-3-2-4-6-13)29-21(15)25-11-24-20/h2-12H,1H3,(H,26,27). The van der Waals surface area contributed by atoms with Gasteiger partial charge in [0.1, 0.15) is 16.2 Å². The van der Waals surface area contributed by atoms with E-state index in [4.69, 9.17) is 23.2 Å². The van der Waals surface area contributed by atoms with Crippen molar-refractivity contribution in [2.75, 3.05) is 5.32 Å². The van der Waals surface area contributed by atoms with E-state index in [9.17, 15) is 4.79 Å². The van der Waals surface area contributed by atoms with Crippen LogP contribution >= 0.6 is 46.3 Å². The smallest absolute Gasteiger partial charge is 0.237 e. The van der Waals surface area contributed by atoms with Gasteiger partial charge < -0.3 is 5.32 Å².